The van der Waals surface area contributed by atoms with Gasteiger partial charge in [0, 0.05) is 49.8 Å². The number of carbonyl (C=O) groups excluding carboxylic acids is 2. The van der Waals surface area contributed by atoms with Crippen LogP contribution in [0.15, 0.2) is 53.2 Å². The number of nitrogens with two attached hydrogens (primary N) is 1. The SMILES string of the molecule is CCCN(CCC)C(=O)C1=Cc2ccc(-c3ccc(C=O)c(/C=C\N(C)CC4CCCC4)c3)cc2N=C(N)C1. The van der Waals surface area contributed by atoms with Gasteiger partial charge in [-0.1, -0.05) is 51.0 Å². The van der Waals surface area contributed by atoms with Crippen molar-refractivity contribution in [3.05, 3.63) is 64.9 Å². The van der Waals surface area contributed by atoms with Crippen molar-refractivity contribution in [2.45, 2.75) is 58.8 Å². The summed E-state index contributed by atoms with van der Waals surface area (Å²) in [6, 6.07) is 11.9. The molecule has 0 bridgehead atoms. The molecule has 2 aromatic carbocycles. The number of hydrogen-bond donors (Lipinski definition) is 1. The van der Waals surface area contributed by atoms with Crippen molar-refractivity contribution in [2.24, 2.45) is 16.6 Å². The number of fused-ring (bicyclic) bond motifs is 1. The largest absolute Gasteiger partial charge is 0.387 e. The van der Waals surface area contributed by atoms with E-state index in [-0.39, 0.29) is 5.91 Å². The van der Waals surface area contributed by atoms with Crippen LogP contribution in [0.25, 0.3) is 23.3 Å². The first-order valence-electron chi connectivity index (χ1n) is 14.4. The highest BCUT2D eigenvalue weighted by Gasteiger charge is 2.21. The average Bonchev–Trinajstić information content (AvgIpc) is 3.38. The molecule has 2 N–H and O–H groups in total. The second kappa shape index (κ2) is 13.4. The third kappa shape index (κ3) is 7.25. The maximum atomic E-state index is 13.3. The Balaban J connectivity index is 1.60. The summed E-state index contributed by atoms with van der Waals surface area (Å²) in [6.45, 7) is 6.68. The lowest BCUT2D eigenvalue weighted by Crippen LogP contribution is -2.34. The molecule has 6 nitrogen and oxygen atoms in total. The lowest BCUT2D eigenvalue weighted by molar-refractivity contribution is -0.127. The Hall–Kier alpha value is -3.67. The van der Waals surface area contributed by atoms with Crippen molar-refractivity contribution in [1.82, 2.24) is 9.80 Å². The monoisotopic (exact) mass is 526 g/mol. The molecule has 1 fully saturated rings. The van der Waals surface area contributed by atoms with E-state index in [1.54, 1.807) is 0 Å². The second-order valence-electron chi connectivity index (χ2n) is 10.9. The summed E-state index contributed by atoms with van der Waals surface area (Å²) in [6.07, 6.45) is 14.4. The van der Waals surface area contributed by atoms with Crippen LogP contribution in [0.3, 0.4) is 0 Å². The summed E-state index contributed by atoms with van der Waals surface area (Å²) in [5.41, 5.74) is 12.1. The lowest BCUT2D eigenvalue weighted by atomic mass is 9.97. The number of aldehydes is 1. The van der Waals surface area contributed by atoms with Gasteiger partial charge < -0.3 is 15.5 Å². The van der Waals surface area contributed by atoms with Gasteiger partial charge in [0.05, 0.1) is 5.69 Å². The molecular weight excluding hydrogens is 484 g/mol. The first-order valence-corrected chi connectivity index (χ1v) is 14.4. The van der Waals surface area contributed by atoms with E-state index >= 15 is 0 Å². The molecule has 0 aromatic heterocycles. The lowest BCUT2D eigenvalue weighted by Gasteiger charge is -2.22. The van der Waals surface area contributed by atoms with Crippen LogP contribution in [0.1, 0.15) is 80.3 Å². The van der Waals surface area contributed by atoms with Gasteiger partial charge in [0.15, 0.2) is 6.29 Å². The number of amidine groups is 1. The molecule has 0 atom stereocenters. The number of carbonyl (C=O) groups is 2. The van der Waals surface area contributed by atoms with Crippen molar-refractivity contribution in [1.29, 1.82) is 0 Å². The molecule has 0 unspecified atom stereocenters. The third-order valence-electron chi connectivity index (χ3n) is 7.62. The Morgan fingerprint density at radius 2 is 1.72 bits per heavy atom. The summed E-state index contributed by atoms with van der Waals surface area (Å²) in [7, 11) is 2.10. The molecule has 1 heterocycles. The van der Waals surface area contributed by atoms with Crippen molar-refractivity contribution >= 4 is 35.9 Å². The van der Waals surface area contributed by atoms with E-state index in [4.69, 9.17) is 5.73 Å². The van der Waals surface area contributed by atoms with Gasteiger partial charge in [-0.3, -0.25) is 9.59 Å². The molecule has 6 heteroatoms. The van der Waals surface area contributed by atoms with Crippen molar-refractivity contribution in [2.75, 3.05) is 26.7 Å². The molecule has 0 spiro atoms. The maximum absolute atomic E-state index is 13.3. The fourth-order valence-electron chi connectivity index (χ4n) is 5.64. The van der Waals surface area contributed by atoms with E-state index < -0.39 is 0 Å². The summed E-state index contributed by atoms with van der Waals surface area (Å²) in [5, 5.41) is 0. The number of nitrogens with zero attached hydrogens (tertiary/aromatic N) is 3. The zero-order valence-corrected chi connectivity index (χ0v) is 23.7. The van der Waals surface area contributed by atoms with Crippen LogP contribution in [0.2, 0.25) is 0 Å². The van der Waals surface area contributed by atoms with Crippen LogP contribution in [0, 0.1) is 5.92 Å². The summed E-state index contributed by atoms with van der Waals surface area (Å²) < 4.78 is 0. The van der Waals surface area contributed by atoms with Crippen LogP contribution in [-0.4, -0.2) is 54.5 Å². The van der Waals surface area contributed by atoms with Crippen molar-refractivity contribution < 1.29 is 9.59 Å². The van der Waals surface area contributed by atoms with Crippen LogP contribution in [0.4, 0.5) is 5.69 Å². The van der Waals surface area contributed by atoms with E-state index in [1.807, 2.05) is 53.5 Å². The van der Waals surface area contributed by atoms with Gasteiger partial charge in [-0.15, -0.1) is 0 Å². The molecule has 0 saturated heterocycles. The predicted octanol–water partition coefficient (Wildman–Crippen LogP) is 6.68. The van der Waals surface area contributed by atoms with Crippen LogP contribution >= 0.6 is 0 Å². The molecular formula is C33H42N4O2. The van der Waals surface area contributed by atoms with Gasteiger partial charge >= 0.3 is 0 Å². The Morgan fingerprint density at radius 1 is 1.03 bits per heavy atom. The van der Waals surface area contributed by atoms with Gasteiger partial charge in [-0.05, 0) is 78.8 Å². The third-order valence-corrected chi connectivity index (χ3v) is 7.62. The second-order valence-corrected chi connectivity index (χ2v) is 10.9. The van der Waals surface area contributed by atoms with Crippen molar-refractivity contribution in [3.63, 3.8) is 0 Å². The van der Waals surface area contributed by atoms with Gasteiger partial charge in [0.25, 0.3) is 0 Å². The average molecular weight is 527 g/mol. The van der Waals surface area contributed by atoms with Crippen LogP contribution in [-0.2, 0) is 4.79 Å². The van der Waals surface area contributed by atoms with Crippen LogP contribution < -0.4 is 5.73 Å². The predicted molar refractivity (Wildman–Crippen MR) is 162 cm³/mol. The number of benzene rings is 2. The van der Waals surface area contributed by atoms with Gasteiger partial charge in [-0.2, -0.15) is 0 Å². The summed E-state index contributed by atoms with van der Waals surface area (Å²) in [5.74, 6) is 1.23. The number of rotatable bonds is 11. The Morgan fingerprint density at radius 3 is 2.41 bits per heavy atom. The Bertz CT molecular complexity index is 1260. The minimum atomic E-state index is 0.0348. The maximum Gasteiger partial charge on any atom is 0.250 e. The fourth-order valence-corrected chi connectivity index (χ4v) is 5.64. The highest BCUT2D eigenvalue weighted by molar-refractivity contribution is 6.05. The van der Waals surface area contributed by atoms with E-state index in [0.717, 1.165) is 72.6 Å². The van der Waals surface area contributed by atoms with E-state index in [9.17, 15) is 9.59 Å². The number of amides is 1. The van der Waals surface area contributed by atoms with E-state index in [2.05, 4.69) is 37.0 Å². The number of hydrogen-bond acceptors (Lipinski definition) is 5. The molecule has 1 aliphatic carbocycles. The van der Waals surface area contributed by atoms with Gasteiger partial charge in [0.2, 0.25) is 5.91 Å². The molecule has 4 rings (SSSR count). The van der Waals surface area contributed by atoms with E-state index in [1.165, 1.54) is 25.7 Å². The molecule has 1 aliphatic heterocycles. The summed E-state index contributed by atoms with van der Waals surface area (Å²) in [4.78, 5) is 33.9. The standard InChI is InChI=1S/C33H42N4O2/c1-4-15-37(16-5-2)33(39)30-19-28-12-10-26(20-31(28)35-32(34)21-30)25-11-13-29(23-38)27(18-25)14-17-36(3)22-24-8-6-7-9-24/h10-14,17-20,23-24H,4-9,15-16,21-22H2,1-3H3,(H2,34,35)/b17-14-. The zero-order chi connectivity index (χ0) is 27.8. The Kier molecular flexibility index (Phi) is 9.74. The number of aliphatic imine (C=N–C) groups is 1. The first-order chi connectivity index (χ1) is 18.9. The molecule has 39 heavy (non-hydrogen) atoms. The Labute approximate surface area is 233 Å². The normalized spacial score (nSPS) is 15.5. The zero-order valence-electron chi connectivity index (χ0n) is 23.7. The topological polar surface area (TPSA) is 79.0 Å². The molecule has 1 amide bonds. The van der Waals surface area contributed by atoms with Crippen molar-refractivity contribution in [3.8, 4) is 11.1 Å². The van der Waals surface area contributed by atoms with Gasteiger partial charge in [-0.25, -0.2) is 4.99 Å². The van der Waals surface area contributed by atoms with E-state index in [0.29, 0.717) is 23.4 Å². The quantitative estimate of drug-likeness (QED) is 0.331. The smallest absolute Gasteiger partial charge is 0.250 e. The highest BCUT2D eigenvalue weighted by Crippen LogP contribution is 2.33. The summed E-state index contributed by atoms with van der Waals surface area (Å²) >= 11 is 0. The minimum Gasteiger partial charge on any atom is -0.387 e. The first kappa shape index (κ1) is 28.3. The van der Waals surface area contributed by atoms with Gasteiger partial charge in [0.1, 0.15) is 5.84 Å². The molecule has 2 aromatic rings. The molecule has 1 saturated carbocycles. The van der Waals surface area contributed by atoms with Crippen LogP contribution in [0.5, 0.6) is 0 Å². The molecule has 0 radical (unpaired) electrons. The fraction of sp³-hybridized carbons (Fsp3) is 0.424. The minimum absolute atomic E-state index is 0.0348. The molecule has 206 valence electrons. The molecule has 2 aliphatic rings. The highest BCUT2D eigenvalue weighted by atomic mass is 16.2.